The van der Waals surface area contributed by atoms with Gasteiger partial charge in [0.15, 0.2) is 5.96 Å². The molecule has 0 bridgehead atoms. The highest BCUT2D eigenvalue weighted by atomic mass is 127. The molecule has 0 unspecified atom stereocenters. The Hall–Kier alpha value is -1.70. The number of hydrogen-bond donors (Lipinski definition) is 1. The van der Waals surface area contributed by atoms with Crippen molar-refractivity contribution >= 4 is 40.0 Å². The normalized spacial score (nSPS) is 15.5. The molecule has 0 atom stereocenters. The Labute approximate surface area is 200 Å². The van der Waals surface area contributed by atoms with Gasteiger partial charge in [-0.3, -0.25) is 0 Å². The fourth-order valence-corrected chi connectivity index (χ4v) is 4.79. The predicted octanol–water partition coefficient (Wildman–Crippen LogP) is 2.05. The Bertz CT molecular complexity index is 929. The minimum absolute atomic E-state index is 0. The van der Waals surface area contributed by atoms with Gasteiger partial charge >= 0.3 is 0 Å². The Balaban J connectivity index is 0.00000341. The van der Waals surface area contributed by atoms with Crippen molar-refractivity contribution in [3.05, 3.63) is 53.4 Å². The number of ether oxygens (including phenoxy) is 1. The zero-order chi connectivity index (χ0) is 21.4. The number of rotatable bonds is 8. The van der Waals surface area contributed by atoms with Gasteiger partial charge in [0, 0.05) is 45.9 Å². The van der Waals surface area contributed by atoms with Gasteiger partial charge in [-0.25, -0.2) is 13.4 Å². The second kappa shape index (κ2) is 12.4. The summed E-state index contributed by atoms with van der Waals surface area (Å²) in [5.74, 6) is 0.645. The van der Waals surface area contributed by atoms with Crippen LogP contribution in [0.15, 0.2) is 46.1 Å². The molecule has 1 aliphatic heterocycles. The lowest BCUT2D eigenvalue weighted by atomic mass is 10.1. The maximum Gasteiger partial charge on any atom is 0.220 e. The van der Waals surface area contributed by atoms with Gasteiger partial charge in [0.25, 0.3) is 0 Å². The highest BCUT2D eigenvalue weighted by Crippen LogP contribution is 2.14. The zero-order valence-electron chi connectivity index (χ0n) is 17.9. The van der Waals surface area contributed by atoms with Gasteiger partial charge < -0.3 is 19.5 Å². The van der Waals surface area contributed by atoms with Gasteiger partial charge in [0.05, 0.1) is 18.8 Å². The monoisotopic (exact) mass is 563 g/mol. The molecular formula is C20H30IN5O4S. The standard InChI is InChI=1S/C20H29N5O4S.HI/c1-3-21-20(22-14-17-6-4-5-7-18(17)15-28-2)24-9-11-25(12-10-24)30(26,27)16-19-8-13-29-23-19;/h4-8,13H,3,9-12,14-16H2,1-2H3,(H,21,22);1H. The number of methoxy groups -OCH3 is 1. The maximum absolute atomic E-state index is 12.6. The first-order valence-corrected chi connectivity index (χ1v) is 11.6. The molecule has 0 aliphatic carbocycles. The van der Waals surface area contributed by atoms with Gasteiger partial charge in [-0.05, 0) is 18.1 Å². The molecule has 0 amide bonds. The summed E-state index contributed by atoms with van der Waals surface area (Å²) in [6.45, 7) is 5.80. The molecule has 2 heterocycles. The Morgan fingerprint density at radius 2 is 1.90 bits per heavy atom. The second-order valence-electron chi connectivity index (χ2n) is 7.00. The largest absolute Gasteiger partial charge is 0.380 e. The van der Waals surface area contributed by atoms with Crippen LogP contribution in [0, 0.1) is 0 Å². The van der Waals surface area contributed by atoms with E-state index in [1.807, 2.05) is 25.1 Å². The SMILES string of the molecule is CCNC(=NCc1ccccc1COC)N1CCN(S(=O)(=O)Cc2ccon2)CC1.I. The molecule has 172 valence electrons. The lowest BCUT2D eigenvalue weighted by Crippen LogP contribution is -2.53. The van der Waals surface area contributed by atoms with Crippen LogP contribution in [0.2, 0.25) is 0 Å². The number of nitrogens with one attached hydrogen (secondary N) is 1. The fourth-order valence-electron chi connectivity index (χ4n) is 3.36. The molecule has 1 aliphatic rings. The number of piperazine rings is 1. The van der Waals surface area contributed by atoms with Crippen LogP contribution >= 0.6 is 24.0 Å². The zero-order valence-corrected chi connectivity index (χ0v) is 21.0. The summed E-state index contributed by atoms with van der Waals surface area (Å²) in [5, 5.41) is 7.03. The van der Waals surface area contributed by atoms with Gasteiger partial charge in [0.1, 0.15) is 12.0 Å². The van der Waals surface area contributed by atoms with Crippen molar-refractivity contribution in [1.29, 1.82) is 0 Å². The molecular weight excluding hydrogens is 533 g/mol. The van der Waals surface area contributed by atoms with E-state index in [0.717, 1.165) is 23.6 Å². The first-order chi connectivity index (χ1) is 14.5. The topological polar surface area (TPSA) is 100 Å². The average molecular weight is 563 g/mol. The van der Waals surface area contributed by atoms with E-state index in [4.69, 9.17) is 14.3 Å². The Morgan fingerprint density at radius 1 is 1.19 bits per heavy atom. The minimum Gasteiger partial charge on any atom is -0.380 e. The third kappa shape index (κ3) is 7.16. The molecule has 31 heavy (non-hydrogen) atoms. The summed E-state index contributed by atoms with van der Waals surface area (Å²) in [6.07, 6.45) is 1.38. The number of benzene rings is 1. The molecule has 1 N–H and O–H groups in total. The van der Waals surface area contributed by atoms with Crippen molar-refractivity contribution in [2.45, 2.75) is 25.8 Å². The highest BCUT2D eigenvalue weighted by Gasteiger charge is 2.29. The van der Waals surface area contributed by atoms with E-state index in [0.29, 0.717) is 45.0 Å². The van der Waals surface area contributed by atoms with E-state index >= 15 is 0 Å². The molecule has 11 heteroatoms. The fraction of sp³-hybridized carbons (Fsp3) is 0.500. The number of hydrogen-bond acceptors (Lipinski definition) is 6. The molecule has 1 saturated heterocycles. The third-order valence-electron chi connectivity index (χ3n) is 4.91. The lowest BCUT2D eigenvalue weighted by Gasteiger charge is -2.35. The minimum atomic E-state index is -3.42. The van der Waals surface area contributed by atoms with Crippen LogP contribution in [0.4, 0.5) is 0 Å². The van der Waals surface area contributed by atoms with Crippen molar-refractivity contribution in [1.82, 2.24) is 19.7 Å². The molecule has 3 rings (SSSR count). The number of guanidine groups is 1. The molecule has 9 nitrogen and oxygen atoms in total. The summed E-state index contributed by atoms with van der Waals surface area (Å²) < 4.78 is 36.8. The van der Waals surface area contributed by atoms with E-state index in [-0.39, 0.29) is 29.7 Å². The third-order valence-corrected chi connectivity index (χ3v) is 6.72. The highest BCUT2D eigenvalue weighted by molar-refractivity contribution is 14.0. The Morgan fingerprint density at radius 3 is 2.52 bits per heavy atom. The summed E-state index contributed by atoms with van der Waals surface area (Å²) in [7, 11) is -1.74. The van der Waals surface area contributed by atoms with Gasteiger partial charge in [-0.1, -0.05) is 29.4 Å². The molecule has 1 fully saturated rings. The van der Waals surface area contributed by atoms with Crippen molar-refractivity contribution in [3.8, 4) is 0 Å². The van der Waals surface area contributed by atoms with Crippen molar-refractivity contribution in [2.75, 3.05) is 39.8 Å². The van der Waals surface area contributed by atoms with Crippen molar-refractivity contribution < 1.29 is 17.7 Å². The molecule has 1 aromatic heterocycles. The number of aliphatic imine (C=N–C) groups is 1. The second-order valence-corrected chi connectivity index (χ2v) is 8.97. The van der Waals surface area contributed by atoms with E-state index in [1.54, 1.807) is 13.2 Å². The van der Waals surface area contributed by atoms with E-state index in [9.17, 15) is 8.42 Å². The molecule has 0 spiro atoms. The number of aromatic nitrogens is 1. The van der Waals surface area contributed by atoms with Gasteiger partial charge in [-0.15, -0.1) is 24.0 Å². The van der Waals surface area contributed by atoms with Crippen molar-refractivity contribution in [3.63, 3.8) is 0 Å². The summed E-state index contributed by atoms with van der Waals surface area (Å²) in [5.41, 5.74) is 2.65. The maximum atomic E-state index is 12.6. The molecule has 0 saturated carbocycles. The van der Waals surface area contributed by atoms with Crippen LogP contribution in [0.3, 0.4) is 0 Å². The van der Waals surface area contributed by atoms with Gasteiger partial charge in [0.2, 0.25) is 10.0 Å². The number of sulfonamides is 1. The first kappa shape index (κ1) is 25.6. The van der Waals surface area contributed by atoms with Crippen LogP contribution in [0.1, 0.15) is 23.7 Å². The van der Waals surface area contributed by atoms with Crippen LogP contribution in [-0.4, -0.2) is 68.6 Å². The molecule has 0 radical (unpaired) electrons. The first-order valence-electron chi connectivity index (χ1n) is 9.99. The van der Waals surface area contributed by atoms with E-state index in [2.05, 4.69) is 21.4 Å². The predicted molar refractivity (Wildman–Crippen MR) is 130 cm³/mol. The van der Waals surface area contributed by atoms with Crippen LogP contribution in [0.5, 0.6) is 0 Å². The summed E-state index contributed by atoms with van der Waals surface area (Å²) in [6, 6.07) is 9.65. The number of nitrogens with zero attached hydrogens (tertiary/aromatic N) is 4. The summed E-state index contributed by atoms with van der Waals surface area (Å²) >= 11 is 0. The quantitative estimate of drug-likeness (QED) is 0.298. The smallest absolute Gasteiger partial charge is 0.220 e. The van der Waals surface area contributed by atoms with E-state index in [1.165, 1.54) is 10.6 Å². The van der Waals surface area contributed by atoms with Gasteiger partial charge in [-0.2, -0.15) is 4.31 Å². The van der Waals surface area contributed by atoms with Crippen LogP contribution < -0.4 is 5.32 Å². The number of halogens is 1. The molecule has 1 aromatic carbocycles. The van der Waals surface area contributed by atoms with Crippen LogP contribution in [0.25, 0.3) is 0 Å². The van der Waals surface area contributed by atoms with Crippen LogP contribution in [-0.2, 0) is 33.7 Å². The Kier molecular flexibility index (Phi) is 10.2. The van der Waals surface area contributed by atoms with E-state index < -0.39 is 10.0 Å². The summed E-state index contributed by atoms with van der Waals surface area (Å²) in [4.78, 5) is 6.89. The average Bonchev–Trinajstić information content (AvgIpc) is 3.25. The molecule has 2 aromatic rings. The lowest BCUT2D eigenvalue weighted by molar-refractivity contribution is 0.184. The van der Waals surface area contributed by atoms with Crippen molar-refractivity contribution in [2.24, 2.45) is 4.99 Å².